The monoisotopic (exact) mass is 165 g/mol. The van der Waals surface area contributed by atoms with E-state index in [0.717, 1.165) is 17.2 Å². The van der Waals surface area contributed by atoms with Crippen molar-refractivity contribution in [2.45, 2.75) is 26.7 Å². The third-order valence-corrected chi connectivity index (χ3v) is 1.78. The first-order valence-corrected chi connectivity index (χ1v) is 4.16. The smallest absolute Gasteiger partial charge is 0.131 e. The summed E-state index contributed by atoms with van der Waals surface area (Å²) >= 11 is 0. The molecule has 12 heavy (non-hydrogen) atoms. The van der Waals surface area contributed by atoms with Crippen LogP contribution in [-0.4, -0.2) is 17.0 Å². The van der Waals surface area contributed by atoms with E-state index in [1.54, 1.807) is 0 Å². The average molecular weight is 165 g/mol. The number of rotatable bonds is 2. The second kappa shape index (κ2) is 3.52. The van der Waals surface area contributed by atoms with Crippen molar-refractivity contribution in [2.75, 3.05) is 12.4 Å². The van der Waals surface area contributed by atoms with Crippen molar-refractivity contribution in [3.63, 3.8) is 0 Å². The number of hydrogen-bond acceptors (Lipinski definition) is 3. The van der Waals surface area contributed by atoms with Crippen molar-refractivity contribution in [2.24, 2.45) is 0 Å². The van der Waals surface area contributed by atoms with Crippen molar-refractivity contribution < 1.29 is 0 Å². The molecule has 1 rings (SSSR count). The summed E-state index contributed by atoms with van der Waals surface area (Å²) in [6, 6.07) is 0. The van der Waals surface area contributed by atoms with Crippen molar-refractivity contribution >= 4 is 5.69 Å². The van der Waals surface area contributed by atoms with Gasteiger partial charge in [-0.3, -0.25) is 0 Å². The zero-order valence-corrected chi connectivity index (χ0v) is 8.05. The highest BCUT2D eigenvalue weighted by Gasteiger charge is 2.04. The molecular weight excluding hydrogens is 150 g/mol. The summed E-state index contributed by atoms with van der Waals surface area (Å²) in [5.41, 5.74) is 2.01. The standard InChI is InChI=1S/C9H15N3/c1-6(2)9-11-5-8(10-4)7(3)12-9/h5-6,10H,1-4H3. The molecule has 0 bridgehead atoms. The molecule has 0 aromatic carbocycles. The Morgan fingerprint density at radius 2 is 2.08 bits per heavy atom. The van der Waals surface area contributed by atoms with Crippen LogP contribution in [-0.2, 0) is 0 Å². The maximum atomic E-state index is 4.37. The zero-order chi connectivity index (χ0) is 9.14. The largest absolute Gasteiger partial charge is 0.385 e. The molecule has 0 aliphatic carbocycles. The molecule has 1 aromatic heterocycles. The fraction of sp³-hybridized carbons (Fsp3) is 0.556. The van der Waals surface area contributed by atoms with Crippen molar-refractivity contribution in [1.82, 2.24) is 9.97 Å². The minimum atomic E-state index is 0.398. The lowest BCUT2D eigenvalue weighted by Gasteiger charge is -2.07. The first-order chi connectivity index (χ1) is 5.65. The molecule has 0 unspecified atom stereocenters. The van der Waals surface area contributed by atoms with Crippen LogP contribution in [0.4, 0.5) is 5.69 Å². The predicted octanol–water partition coefficient (Wildman–Crippen LogP) is 1.95. The Hall–Kier alpha value is -1.12. The van der Waals surface area contributed by atoms with Crippen molar-refractivity contribution in [3.05, 3.63) is 17.7 Å². The molecule has 0 saturated heterocycles. The molecule has 1 N–H and O–H groups in total. The highest BCUT2D eigenvalue weighted by molar-refractivity contribution is 5.44. The highest BCUT2D eigenvalue weighted by atomic mass is 14.9. The maximum absolute atomic E-state index is 4.37. The lowest BCUT2D eigenvalue weighted by molar-refractivity contribution is 0.767. The van der Waals surface area contributed by atoms with Crippen LogP contribution < -0.4 is 5.32 Å². The van der Waals surface area contributed by atoms with E-state index in [1.807, 2.05) is 20.2 Å². The Balaban J connectivity index is 3.02. The molecule has 3 heteroatoms. The van der Waals surface area contributed by atoms with Gasteiger partial charge in [0.25, 0.3) is 0 Å². The number of aromatic nitrogens is 2. The molecule has 0 atom stereocenters. The van der Waals surface area contributed by atoms with Crippen LogP contribution in [0.25, 0.3) is 0 Å². The Morgan fingerprint density at radius 1 is 1.42 bits per heavy atom. The maximum Gasteiger partial charge on any atom is 0.131 e. The van der Waals surface area contributed by atoms with E-state index in [4.69, 9.17) is 0 Å². The summed E-state index contributed by atoms with van der Waals surface area (Å²) in [7, 11) is 1.88. The van der Waals surface area contributed by atoms with Gasteiger partial charge >= 0.3 is 0 Å². The Bertz CT molecular complexity index is 268. The summed E-state index contributed by atoms with van der Waals surface area (Å²) < 4.78 is 0. The minimum Gasteiger partial charge on any atom is -0.385 e. The first-order valence-electron chi connectivity index (χ1n) is 4.16. The number of hydrogen-bond donors (Lipinski definition) is 1. The number of aryl methyl sites for hydroxylation is 1. The zero-order valence-electron chi connectivity index (χ0n) is 8.05. The Kier molecular flexibility index (Phi) is 2.63. The Labute approximate surface area is 73.2 Å². The molecular formula is C9H15N3. The van der Waals surface area contributed by atoms with E-state index in [9.17, 15) is 0 Å². The van der Waals surface area contributed by atoms with Gasteiger partial charge in [-0.2, -0.15) is 0 Å². The second-order valence-electron chi connectivity index (χ2n) is 3.13. The number of anilines is 1. The van der Waals surface area contributed by atoms with Gasteiger partial charge in [-0.05, 0) is 6.92 Å². The molecule has 0 aliphatic heterocycles. The molecule has 66 valence electrons. The van der Waals surface area contributed by atoms with Crippen LogP contribution >= 0.6 is 0 Å². The average Bonchev–Trinajstić information content (AvgIpc) is 2.04. The molecule has 0 saturated carbocycles. The fourth-order valence-corrected chi connectivity index (χ4v) is 1.01. The molecule has 1 aromatic rings. The fourth-order valence-electron chi connectivity index (χ4n) is 1.01. The molecule has 0 spiro atoms. The lowest BCUT2D eigenvalue weighted by atomic mass is 10.2. The van der Waals surface area contributed by atoms with E-state index in [1.165, 1.54) is 0 Å². The summed E-state index contributed by atoms with van der Waals surface area (Å²) in [5, 5.41) is 3.04. The van der Waals surface area contributed by atoms with Gasteiger partial charge in [0.05, 0.1) is 17.6 Å². The van der Waals surface area contributed by atoms with Crippen LogP contribution in [0.2, 0.25) is 0 Å². The molecule has 0 aliphatic rings. The van der Waals surface area contributed by atoms with Crippen LogP contribution in [0.5, 0.6) is 0 Å². The van der Waals surface area contributed by atoms with E-state index >= 15 is 0 Å². The van der Waals surface area contributed by atoms with Gasteiger partial charge in [0.1, 0.15) is 5.82 Å². The first kappa shape index (κ1) is 8.97. The van der Waals surface area contributed by atoms with Crippen LogP contribution in [0.3, 0.4) is 0 Å². The topological polar surface area (TPSA) is 37.8 Å². The minimum absolute atomic E-state index is 0.398. The van der Waals surface area contributed by atoms with Gasteiger partial charge in [0.2, 0.25) is 0 Å². The third kappa shape index (κ3) is 1.72. The quantitative estimate of drug-likeness (QED) is 0.727. The predicted molar refractivity (Wildman–Crippen MR) is 50.4 cm³/mol. The normalized spacial score (nSPS) is 10.4. The van der Waals surface area contributed by atoms with Gasteiger partial charge in [0, 0.05) is 13.0 Å². The summed E-state index contributed by atoms with van der Waals surface area (Å²) in [6.45, 7) is 6.17. The number of nitrogens with one attached hydrogen (secondary N) is 1. The molecule has 1 heterocycles. The molecule has 0 radical (unpaired) electrons. The van der Waals surface area contributed by atoms with Gasteiger partial charge in [-0.1, -0.05) is 13.8 Å². The van der Waals surface area contributed by atoms with Gasteiger partial charge in [-0.15, -0.1) is 0 Å². The van der Waals surface area contributed by atoms with Crippen LogP contribution in [0.1, 0.15) is 31.3 Å². The van der Waals surface area contributed by atoms with Crippen molar-refractivity contribution in [3.8, 4) is 0 Å². The number of nitrogens with zero attached hydrogens (tertiary/aromatic N) is 2. The van der Waals surface area contributed by atoms with Crippen LogP contribution in [0.15, 0.2) is 6.20 Å². The lowest BCUT2D eigenvalue weighted by Crippen LogP contribution is -2.02. The summed E-state index contributed by atoms with van der Waals surface area (Å²) in [4.78, 5) is 8.61. The molecule has 0 amide bonds. The van der Waals surface area contributed by atoms with E-state index in [0.29, 0.717) is 5.92 Å². The van der Waals surface area contributed by atoms with Gasteiger partial charge in [0.15, 0.2) is 0 Å². The van der Waals surface area contributed by atoms with Gasteiger partial charge < -0.3 is 5.32 Å². The van der Waals surface area contributed by atoms with Gasteiger partial charge in [-0.25, -0.2) is 9.97 Å². The third-order valence-electron chi connectivity index (χ3n) is 1.78. The summed E-state index contributed by atoms with van der Waals surface area (Å²) in [5.74, 6) is 1.31. The summed E-state index contributed by atoms with van der Waals surface area (Å²) in [6.07, 6.45) is 1.83. The molecule has 3 nitrogen and oxygen atoms in total. The second-order valence-corrected chi connectivity index (χ2v) is 3.13. The van der Waals surface area contributed by atoms with E-state index in [2.05, 4.69) is 29.1 Å². The molecule has 0 fully saturated rings. The van der Waals surface area contributed by atoms with Crippen molar-refractivity contribution in [1.29, 1.82) is 0 Å². The van der Waals surface area contributed by atoms with E-state index in [-0.39, 0.29) is 0 Å². The SMILES string of the molecule is CNc1cnc(C(C)C)nc1C. The Morgan fingerprint density at radius 3 is 2.50 bits per heavy atom. The van der Waals surface area contributed by atoms with Crippen LogP contribution in [0, 0.1) is 6.92 Å². The highest BCUT2D eigenvalue weighted by Crippen LogP contribution is 2.14. The van der Waals surface area contributed by atoms with E-state index < -0.39 is 0 Å².